The summed E-state index contributed by atoms with van der Waals surface area (Å²) in [6.45, 7) is 3.60. The Morgan fingerprint density at radius 2 is 1.87 bits per heavy atom. The summed E-state index contributed by atoms with van der Waals surface area (Å²) in [4.78, 5) is 0. The molecule has 0 aromatic heterocycles. The Bertz CT molecular complexity index is 193. The van der Waals surface area contributed by atoms with Gasteiger partial charge in [-0.3, -0.25) is 0 Å². The van der Waals surface area contributed by atoms with Gasteiger partial charge in [0, 0.05) is 17.3 Å². The number of rotatable bonds is 5. The van der Waals surface area contributed by atoms with Crippen LogP contribution < -0.4 is 5.32 Å². The van der Waals surface area contributed by atoms with Gasteiger partial charge in [0.2, 0.25) is 0 Å². The average Bonchev–Trinajstić information content (AvgIpc) is 3.08. The van der Waals surface area contributed by atoms with Gasteiger partial charge in [0.15, 0.2) is 0 Å². The van der Waals surface area contributed by atoms with Crippen molar-refractivity contribution in [3.8, 4) is 0 Å². The normalized spacial score (nSPS) is 34.0. The molecule has 0 bridgehead atoms. The predicted molar refractivity (Wildman–Crippen MR) is 69.5 cm³/mol. The SMILES string of the molecule is CCC1CCC(NCC2(SC)CC2)CC1. The fraction of sp³-hybridized carbons (Fsp3) is 1.00. The minimum absolute atomic E-state index is 0.640. The van der Waals surface area contributed by atoms with Crippen molar-refractivity contribution in [3.05, 3.63) is 0 Å². The highest BCUT2D eigenvalue weighted by Gasteiger charge is 2.41. The highest BCUT2D eigenvalue weighted by atomic mass is 32.2. The Labute approximate surface area is 98.8 Å². The van der Waals surface area contributed by atoms with E-state index in [1.807, 2.05) is 0 Å². The van der Waals surface area contributed by atoms with Crippen LogP contribution in [0, 0.1) is 5.92 Å². The molecule has 0 amide bonds. The molecule has 0 aromatic carbocycles. The van der Waals surface area contributed by atoms with Crippen LogP contribution in [-0.4, -0.2) is 23.6 Å². The first-order chi connectivity index (χ1) is 7.28. The Hall–Kier alpha value is 0.310. The quantitative estimate of drug-likeness (QED) is 0.772. The van der Waals surface area contributed by atoms with Crippen LogP contribution in [0.15, 0.2) is 0 Å². The van der Waals surface area contributed by atoms with Gasteiger partial charge in [-0.15, -0.1) is 0 Å². The van der Waals surface area contributed by atoms with Crippen LogP contribution in [0.25, 0.3) is 0 Å². The van der Waals surface area contributed by atoms with Gasteiger partial charge in [0.25, 0.3) is 0 Å². The topological polar surface area (TPSA) is 12.0 Å². The van der Waals surface area contributed by atoms with Gasteiger partial charge in [-0.25, -0.2) is 0 Å². The van der Waals surface area contributed by atoms with Crippen molar-refractivity contribution in [1.29, 1.82) is 0 Å². The molecule has 2 heteroatoms. The fourth-order valence-electron chi connectivity index (χ4n) is 2.70. The van der Waals surface area contributed by atoms with Gasteiger partial charge in [-0.1, -0.05) is 13.3 Å². The molecule has 2 aliphatic rings. The van der Waals surface area contributed by atoms with E-state index in [2.05, 4.69) is 30.3 Å². The summed E-state index contributed by atoms with van der Waals surface area (Å²) in [6.07, 6.45) is 12.3. The third-order valence-electron chi connectivity index (χ3n) is 4.38. The van der Waals surface area contributed by atoms with Crippen LogP contribution in [-0.2, 0) is 0 Å². The third kappa shape index (κ3) is 3.13. The van der Waals surface area contributed by atoms with Crippen LogP contribution in [0.4, 0.5) is 0 Å². The molecule has 2 aliphatic carbocycles. The number of nitrogens with one attached hydrogen (secondary N) is 1. The lowest BCUT2D eigenvalue weighted by atomic mass is 9.84. The molecular formula is C13H25NS. The van der Waals surface area contributed by atoms with Crippen molar-refractivity contribution < 1.29 is 0 Å². The van der Waals surface area contributed by atoms with Gasteiger partial charge in [-0.05, 0) is 50.7 Å². The maximum atomic E-state index is 3.80. The molecule has 0 unspecified atom stereocenters. The second-order valence-corrected chi connectivity index (χ2v) is 6.67. The molecular weight excluding hydrogens is 202 g/mol. The van der Waals surface area contributed by atoms with Gasteiger partial charge in [-0.2, -0.15) is 11.8 Å². The lowest BCUT2D eigenvalue weighted by Gasteiger charge is -2.29. The van der Waals surface area contributed by atoms with E-state index >= 15 is 0 Å². The van der Waals surface area contributed by atoms with Crippen LogP contribution in [0.5, 0.6) is 0 Å². The maximum Gasteiger partial charge on any atom is 0.0282 e. The average molecular weight is 227 g/mol. The Kier molecular flexibility index (Phi) is 4.00. The summed E-state index contributed by atoms with van der Waals surface area (Å²) < 4.78 is 0.640. The number of hydrogen-bond donors (Lipinski definition) is 1. The Morgan fingerprint density at radius 3 is 2.33 bits per heavy atom. The summed E-state index contributed by atoms with van der Waals surface area (Å²) >= 11 is 2.07. The lowest BCUT2D eigenvalue weighted by Crippen LogP contribution is -2.37. The van der Waals surface area contributed by atoms with Gasteiger partial charge in [0.1, 0.15) is 0 Å². The van der Waals surface area contributed by atoms with Crippen molar-refractivity contribution in [2.75, 3.05) is 12.8 Å². The van der Waals surface area contributed by atoms with Crippen molar-refractivity contribution in [1.82, 2.24) is 5.32 Å². The summed E-state index contributed by atoms with van der Waals surface area (Å²) in [5, 5.41) is 3.80. The third-order valence-corrected chi connectivity index (χ3v) is 5.80. The van der Waals surface area contributed by atoms with E-state index in [1.165, 1.54) is 51.5 Å². The van der Waals surface area contributed by atoms with E-state index in [-0.39, 0.29) is 0 Å². The van der Waals surface area contributed by atoms with Crippen molar-refractivity contribution in [2.45, 2.75) is 62.7 Å². The second-order valence-electron chi connectivity index (χ2n) is 5.39. The largest absolute Gasteiger partial charge is 0.313 e. The van der Waals surface area contributed by atoms with E-state index in [0.717, 1.165) is 12.0 Å². The monoisotopic (exact) mass is 227 g/mol. The van der Waals surface area contributed by atoms with E-state index in [0.29, 0.717) is 4.75 Å². The lowest BCUT2D eigenvalue weighted by molar-refractivity contribution is 0.286. The van der Waals surface area contributed by atoms with Gasteiger partial charge >= 0.3 is 0 Å². The van der Waals surface area contributed by atoms with Gasteiger partial charge in [0.05, 0.1) is 0 Å². The first-order valence-corrected chi connectivity index (χ1v) is 7.79. The molecule has 0 saturated heterocycles. The molecule has 2 fully saturated rings. The minimum Gasteiger partial charge on any atom is -0.313 e. The van der Waals surface area contributed by atoms with Crippen molar-refractivity contribution >= 4 is 11.8 Å². The summed E-state index contributed by atoms with van der Waals surface area (Å²) in [6, 6.07) is 0.831. The maximum absolute atomic E-state index is 3.80. The van der Waals surface area contributed by atoms with E-state index in [9.17, 15) is 0 Å². The van der Waals surface area contributed by atoms with E-state index < -0.39 is 0 Å². The van der Waals surface area contributed by atoms with Crippen LogP contribution in [0.3, 0.4) is 0 Å². The second kappa shape index (κ2) is 5.09. The molecule has 2 saturated carbocycles. The summed E-state index contributed by atoms with van der Waals surface area (Å²) in [5.74, 6) is 1.03. The highest BCUT2D eigenvalue weighted by molar-refractivity contribution is 8.00. The molecule has 0 aliphatic heterocycles. The van der Waals surface area contributed by atoms with E-state index in [1.54, 1.807) is 0 Å². The first-order valence-electron chi connectivity index (χ1n) is 6.56. The number of thioether (sulfide) groups is 1. The first kappa shape index (κ1) is 11.8. The summed E-state index contributed by atoms with van der Waals surface area (Å²) in [5.41, 5.74) is 0. The van der Waals surface area contributed by atoms with Crippen LogP contribution in [0.1, 0.15) is 51.9 Å². The van der Waals surface area contributed by atoms with Crippen molar-refractivity contribution in [3.63, 3.8) is 0 Å². The highest BCUT2D eigenvalue weighted by Crippen LogP contribution is 2.46. The summed E-state index contributed by atoms with van der Waals surface area (Å²) in [7, 11) is 0. The standard InChI is InChI=1S/C13H25NS/c1-3-11-4-6-12(7-5-11)14-10-13(15-2)8-9-13/h11-12,14H,3-10H2,1-2H3. The molecule has 0 heterocycles. The smallest absolute Gasteiger partial charge is 0.0282 e. The molecule has 2 rings (SSSR count). The fourth-order valence-corrected chi connectivity index (χ4v) is 3.44. The van der Waals surface area contributed by atoms with Crippen molar-refractivity contribution in [2.24, 2.45) is 5.92 Å². The zero-order valence-corrected chi connectivity index (χ0v) is 11.0. The molecule has 0 aromatic rings. The number of hydrogen-bond acceptors (Lipinski definition) is 2. The minimum atomic E-state index is 0.640. The molecule has 0 atom stereocenters. The van der Waals surface area contributed by atoms with Gasteiger partial charge < -0.3 is 5.32 Å². The van der Waals surface area contributed by atoms with Crippen LogP contribution >= 0.6 is 11.8 Å². The molecule has 15 heavy (non-hydrogen) atoms. The van der Waals surface area contributed by atoms with Crippen LogP contribution in [0.2, 0.25) is 0 Å². The molecule has 1 N–H and O–H groups in total. The Balaban J connectivity index is 1.64. The van der Waals surface area contributed by atoms with E-state index in [4.69, 9.17) is 0 Å². The molecule has 1 nitrogen and oxygen atoms in total. The molecule has 88 valence electrons. The molecule has 0 radical (unpaired) electrons. The zero-order chi connectivity index (χ0) is 10.7. The zero-order valence-electron chi connectivity index (χ0n) is 10.2. The molecule has 0 spiro atoms. The Morgan fingerprint density at radius 1 is 1.20 bits per heavy atom. The predicted octanol–water partition coefficient (Wildman–Crippen LogP) is 3.44.